The molecule has 1 unspecified atom stereocenters. The van der Waals surface area contributed by atoms with Crippen molar-refractivity contribution in [3.05, 3.63) is 46.2 Å². The first kappa shape index (κ1) is 29.6. The highest BCUT2D eigenvalue weighted by atomic mass is 19.4. The molecule has 1 aromatic carbocycles. The van der Waals surface area contributed by atoms with Crippen LogP contribution in [-0.4, -0.2) is 58.5 Å². The molecule has 0 bridgehead atoms. The van der Waals surface area contributed by atoms with Crippen molar-refractivity contribution in [1.82, 2.24) is 19.9 Å². The molecule has 3 heterocycles. The zero-order chi connectivity index (χ0) is 30.2. The molecule has 0 spiro atoms. The predicted octanol–water partition coefficient (Wildman–Crippen LogP) is 5.16. The average Bonchev–Trinajstić information content (AvgIpc) is 3.59. The Hall–Kier alpha value is -3.88. The minimum Gasteiger partial charge on any atom is -0.400 e. The largest absolute Gasteiger partial charge is 0.491 e. The molecule has 9 nitrogen and oxygen atoms in total. The minimum absolute atomic E-state index is 0.0303. The molecule has 3 aromatic rings. The van der Waals surface area contributed by atoms with Crippen molar-refractivity contribution in [1.29, 1.82) is 0 Å². The van der Waals surface area contributed by atoms with Gasteiger partial charge in [0.25, 0.3) is 5.56 Å². The van der Waals surface area contributed by atoms with Gasteiger partial charge in [-0.1, -0.05) is 12.8 Å². The summed E-state index contributed by atoms with van der Waals surface area (Å²) in [5.74, 6) is -3.26. The molecule has 1 saturated carbocycles. The molecule has 1 atom stereocenters. The fourth-order valence-electron chi connectivity index (χ4n) is 5.48. The molecular formula is C27H28F6N6O3. The Morgan fingerprint density at radius 2 is 1.74 bits per heavy atom. The molecule has 2 fully saturated rings. The maximum Gasteiger partial charge on any atom is 0.491 e. The summed E-state index contributed by atoms with van der Waals surface area (Å²) < 4.78 is 83.0. The standard InChI is InChI=1S/C27H28F6N6O3/c1-15-12-20(40)39(19-4-2-3-5-19)22-21(15)23(42-24(41)27(31,32)33)37-25(36-22)35-16-6-8-18(9-7-16)38-11-10-17(13-38)34-14-26(28,29)30/h6-9,12,17,19,34H,2-5,10-11,13-14H2,1H3,(H,35,36,37). The van der Waals surface area contributed by atoms with Crippen LogP contribution in [0.1, 0.15) is 43.7 Å². The molecule has 5 rings (SSSR count). The zero-order valence-corrected chi connectivity index (χ0v) is 22.5. The van der Waals surface area contributed by atoms with E-state index in [-0.39, 0.29) is 40.2 Å². The van der Waals surface area contributed by atoms with Crippen molar-refractivity contribution in [2.24, 2.45) is 0 Å². The molecule has 2 aliphatic rings. The summed E-state index contributed by atoms with van der Waals surface area (Å²) in [4.78, 5) is 35.3. The average molecular weight is 599 g/mol. The van der Waals surface area contributed by atoms with E-state index in [2.05, 4.69) is 20.6 Å². The van der Waals surface area contributed by atoms with E-state index < -0.39 is 30.7 Å². The van der Waals surface area contributed by atoms with Gasteiger partial charge in [0.15, 0.2) is 5.65 Å². The van der Waals surface area contributed by atoms with Crippen LogP contribution in [0.5, 0.6) is 5.88 Å². The van der Waals surface area contributed by atoms with Gasteiger partial charge >= 0.3 is 18.3 Å². The number of aryl methyl sites for hydroxylation is 1. The van der Waals surface area contributed by atoms with E-state index in [1.54, 1.807) is 24.3 Å². The van der Waals surface area contributed by atoms with Crippen molar-refractivity contribution >= 4 is 34.3 Å². The number of halogens is 6. The van der Waals surface area contributed by atoms with Crippen LogP contribution >= 0.6 is 0 Å². The van der Waals surface area contributed by atoms with Crippen LogP contribution in [0.15, 0.2) is 35.1 Å². The van der Waals surface area contributed by atoms with E-state index in [0.29, 0.717) is 38.0 Å². The quantitative estimate of drug-likeness (QED) is 0.284. The number of nitrogens with zero attached hydrogens (tertiary/aromatic N) is 4. The van der Waals surface area contributed by atoms with Gasteiger partial charge in [-0.25, -0.2) is 4.79 Å². The molecule has 0 radical (unpaired) electrons. The van der Waals surface area contributed by atoms with Crippen LogP contribution in [-0.2, 0) is 4.79 Å². The second-order valence-electron chi connectivity index (χ2n) is 10.5. The molecule has 0 amide bonds. The first-order chi connectivity index (χ1) is 19.8. The van der Waals surface area contributed by atoms with E-state index in [9.17, 15) is 35.9 Å². The van der Waals surface area contributed by atoms with Gasteiger partial charge in [0.2, 0.25) is 11.8 Å². The Morgan fingerprint density at radius 3 is 2.38 bits per heavy atom. The van der Waals surface area contributed by atoms with Crippen LogP contribution in [0.25, 0.3) is 11.0 Å². The number of hydrogen-bond acceptors (Lipinski definition) is 8. The van der Waals surface area contributed by atoms with Gasteiger partial charge in [0.05, 0.1) is 11.9 Å². The molecular weight excluding hydrogens is 570 g/mol. The highest BCUT2D eigenvalue weighted by Gasteiger charge is 2.42. The van der Waals surface area contributed by atoms with Crippen LogP contribution in [0.4, 0.5) is 43.7 Å². The SMILES string of the molecule is Cc1cc(=O)n(C2CCCC2)c2nc(Nc3ccc(N4CCC(NCC(F)(F)F)C4)cc3)nc(OC(=O)C(F)(F)F)c12. The lowest BCUT2D eigenvalue weighted by molar-refractivity contribution is -0.189. The Bertz CT molecular complexity index is 1520. The smallest absolute Gasteiger partial charge is 0.400 e. The normalized spacial score (nSPS) is 18.2. The topological polar surface area (TPSA) is 101 Å². The summed E-state index contributed by atoms with van der Waals surface area (Å²) in [5.41, 5.74) is 1.16. The van der Waals surface area contributed by atoms with E-state index in [1.165, 1.54) is 17.6 Å². The molecule has 1 aliphatic carbocycles. The van der Waals surface area contributed by atoms with Crippen molar-refractivity contribution < 1.29 is 35.9 Å². The van der Waals surface area contributed by atoms with E-state index in [0.717, 1.165) is 18.5 Å². The Balaban J connectivity index is 1.44. The number of rotatable bonds is 7. The lowest BCUT2D eigenvalue weighted by Gasteiger charge is -2.20. The first-order valence-corrected chi connectivity index (χ1v) is 13.4. The fraction of sp³-hybridized carbons (Fsp3) is 0.481. The summed E-state index contributed by atoms with van der Waals surface area (Å²) >= 11 is 0. The number of esters is 1. The lowest BCUT2D eigenvalue weighted by atomic mass is 10.1. The molecule has 42 heavy (non-hydrogen) atoms. The van der Waals surface area contributed by atoms with Gasteiger partial charge in [0, 0.05) is 42.6 Å². The van der Waals surface area contributed by atoms with Crippen molar-refractivity contribution in [2.75, 3.05) is 29.9 Å². The fourth-order valence-corrected chi connectivity index (χ4v) is 5.48. The van der Waals surface area contributed by atoms with Gasteiger partial charge in [0.1, 0.15) is 0 Å². The Labute approximate surface area is 235 Å². The molecule has 2 aromatic heterocycles. The molecule has 1 saturated heterocycles. The third-order valence-corrected chi connectivity index (χ3v) is 7.44. The van der Waals surface area contributed by atoms with Crippen molar-refractivity contribution in [2.45, 2.75) is 63.5 Å². The van der Waals surface area contributed by atoms with Crippen LogP contribution in [0.3, 0.4) is 0 Å². The van der Waals surface area contributed by atoms with Crippen LogP contribution in [0, 0.1) is 6.92 Å². The number of benzene rings is 1. The number of anilines is 3. The van der Waals surface area contributed by atoms with E-state index in [1.807, 2.05) is 4.90 Å². The van der Waals surface area contributed by atoms with Gasteiger partial charge < -0.3 is 20.3 Å². The number of ether oxygens (including phenoxy) is 1. The monoisotopic (exact) mass is 598 g/mol. The van der Waals surface area contributed by atoms with Gasteiger partial charge in [-0.2, -0.15) is 36.3 Å². The number of aromatic nitrogens is 3. The molecule has 226 valence electrons. The second kappa shape index (κ2) is 11.4. The van der Waals surface area contributed by atoms with Gasteiger partial charge in [-0.05, 0) is 56.0 Å². The number of alkyl halides is 6. The van der Waals surface area contributed by atoms with Gasteiger partial charge in [-0.15, -0.1) is 0 Å². The van der Waals surface area contributed by atoms with Crippen LogP contribution in [0.2, 0.25) is 0 Å². The minimum atomic E-state index is -5.27. The summed E-state index contributed by atoms with van der Waals surface area (Å²) in [7, 11) is 0. The van der Waals surface area contributed by atoms with Crippen molar-refractivity contribution in [3.63, 3.8) is 0 Å². The number of pyridine rings is 1. The number of nitrogens with one attached hydrogen (secondary N) is 2. The Morgan fingerprint density at radius 1 is 1.05 bits per heavy atom. The second-order valence-corrected chi connectivity index (χ2v) is 10.5. The molecule has 15 heteroatoms. The summed E-state index contributed by atoms with van der Waals surface area (Å²) in [6, 6.07) is 7.51. The summed E-state index contributed by atoms with van der Waals surface area (Å²) in [6.45, 7) is 1.39. The summed E-state index contributed by atoms with van der Waals surface area (Å²) in [5, 5.41) is 5.45. The van der Waals surface area contributed by atoms with Crippen LogP contribution < -0.4 is 25.8 Å². The van der Waals surface area contributed by atoms with Gasteiger partial charge in [-0.3, -0.25) is 9.36 Å². The zero-order valence-electron chi connectivity index (χ0n) is 22.5. The highest BCUT2D eigenvalue weighted by molar-refractivity contribution is 5.89. The molecule has 1 aliphatic heterocycles. The van der Waals surface area contributed by atoms with E-state index >= 15 is 0 Å². The Kier molecular flexibility index (Phi) is 8.05. The maximum atomic E-state index is 13.1. The third-order valence-electron chi connectivity index (χ3n) is 7.44. The summed E-state index contributed by atoms with van der Waals surface area (Å²) in [6.07, 6.45) is -5.89. The third kappa shape index (κ3) is 6.61. The number of carbonyl (C=O) groups is 1. The highest BCUT2D eigenvalue weighted by Crippen LogP contribution is 2.35. The number of fused-ring (bicyclic) bond motifs is 1. The number of hydrogen-bond donors (Lipinski definition) is 2. The lowest BCUT2D eigenvalue weighted by Crippen LogP contribution is -2.38. The van der Waals surface area contributed by atoms with Crippen molar-refractivity contribution in [3.8, 4) is 5.88 Å². The van der Waals surface area contributed by atoms with E-state index in [4.69, 9.17) is 4.74 Å². The molecule has 2 N–H and O–H groups in total. The predicted molar refractivity (Wildman–Crippen MR) is 142 cm³/mol. The maximum absolute atomic E-state index is 13.1. The first-order valence-electron chi connectivity index (χ1n) is 13.4. The number of carbonyl (C=O) groups excluding carboxylic acids is 1.